The first-order chi connectivity index (χ1) is 15.7. The van der Waals surface area contributed by atoms with Crippen LogP contribution in [0.15, 0.2) is 71.3 Å². The Hall–Kier alpha value is -3.58. The predicted octanol–water partition coefficient (Wildman–Crippen LogP) is 3.53. The van der Waals surface area contributed by atoms with Crippen LogP contribution in [0.25, 0.3) is 0 Å². The predicted molar refractivity (Wildman–Crippen MR) is 121 cm³/mol. The molecule has 0 saturated carbocycles. The molecule has 2 heterocycles. The van der Waals surface area contributed by atoms with Gasteiger partial charge in [0, 0.05) is 19.6 Å². The number of anilines is 1. The van der Waals surface area contributed by atoms with Crippen LogP contribution in [0, 0.1) is 0 Å². The van der Waals surface area contributed by atoms with Crippen LogP contribution in [-0.2, 0) is 22.6 Å². The molecule has 0 radical (unpaired) electrons. The second-order valence-electron chi connectivity index (χ2n) is 7.61. The summed E-state index contributed by atoms with van der Waals surface area (Å²) in [6.45, 7) is 4.18. The van der Waals surface area contributed by atoms with E-state index in [9.17, 15) is 9.59 Å². The number of hydrogen-bond acceptors (Lipinski definition) is 5. The lowest BCUT2D eigenvalue weighted by Gasteiger charge is -2.34. The van der Waals surface area contributed by atoms with E-state index in [0.717, 1.165) is 25.3 Å². The molecule has 2 amide bonds. The zero-order chi connectivity index (χ0) is 22.3. The first-order valence-electron chi connectivity index (χ1n) is 10.8. The number of carbonyl (C=O) groups excluding carboxylic acids is 2. The maximum absolute atomic E-state index is 12.6. The van der Waals surface area contributed by atoms with E-state index in [1.165, 1.54) is 11.1 Å². The van der Waals surface area contributed by atoms with Crippen LogP contribution in [0.4, 0.5) is 5.69 Å². The zero-order valence-corrected chi connectivity index (χ0v) is 18.0. The van der Waals surface area contributed by atoms with Crippen molar-refractivity contribution >= 4 is 17.5 Å². The van der Waals surface area contributed by atoms with Crippen LogP contribution in [0.5, 0.6) is 5.75 Å². The summed E-state index contributed by atoms with van der Waals surface area (Å²) in [4.78, 5) is 27.3. The Balaban J connectivity index is 1.41. The molecule has 0 saturated heterocycles. The molecule has 2 aromatic carbocycles. The molecule has 7 heteroatoms. The Morgan fingerprint density at radius 1 is 1.03 bits per heavy atom. The Bertz CT molecular complexity index is 1060. The van der Waals surface area contributed by atoms with Crippen molar-refractivity contribution in [3.05, 3.63) is 83.8 Å². The highest BCUT2D eigenvalue weighted by molar-refractivity contribution is 6.39. The molecule has 7 nitrogen and oxygen atoms in total. The van der Waals surface area contributed by atoms with Gasteiger partial charge in [-0.2, -0.15) is 0 Å². The van der Waals surface area contributed by atoms with E-state index in [0.29, 0.717) is 18.0 Å². The first-order valence-corrected chi connectivity index (χ1v) is 10.8. The summed E-state index contributed by atoms with van der Waals surface area (Å²) in [6.07, 6.45) is 2.55. The molecule has 1 aromatic heterocycles. The summed E-state index contributed by atoms with van der Waals surface area (Å²) in [5, 5.41) is 5.40. The Morgan fingerprint density at radius 2 is 1.81 bits per heavy atom. The van der Waals surface area contributed by atoms with E-state index >= 15 is 0 Å². The second kappa shape index (κ2) is 10.2. The highest BCUT2D eigenvalue weighted by Crippen LogP contribution is 2.28. The monoisotopic (exact) mass is 433 g/mol. The van der Waals surface area contributed by atoms with Crippen LogP contribution in [0.1, 0.15) is 29.9 Å². The van der Waals surface area contributed by atoms with Crippen molar-refractivity contribution in [1.82, 2.24) is 10.2 Å². The molecular formula is C25H27N3O4. The van der Waals surface area contributed by atoms with Gasteiger partial charge in [-0.3, -0.25) is 14.5 Å². The summed E-state index contributed by atoms with van der Waals surface area (Å²) in [7, 11) is 0. The minimum absolute atomic E-state index is 0.175. The topological polar surface area (TPSA) is 83.8 Å². The molecule has 1 atom stereocenters. The summed E-state index contributed by atoms with van der Waals surface area (Å²) in [5.74, 6) is -0.159. The number of ether oxygens (including phenoxy) is 1. The summed E-state index contributed by atoms with van der Waals surface area (Å²) >= 11 is 0. The average molecular weight is 434 g/mol. The lowest BCUT2D eigenvalue weighted by Crippen LogP contribution is -2.43. The molecule has 3 aromatic rings. The number of para-hydroxylation sites is 2. The number of amides is 2. The highest BCUT2D eigenvalue weighted by Gasteiger charge is 2.28. The lowest BCUT2D eigenvalue weighted by atomic mass is 9.98. The third-order valence-electron chi connectivity index (χ3n) is 5.57. The largest absolute Gasteiger partial charge is 0.492 e. The van der Waals surface area contributed by atoms with Crippen LogP contribution >= 0.6 is 0 Å². The fourth-order valence-corrected chi connectivity index (χ4v) is 3.97. The molecule has 1 aliphatic rings. The number of nitrogens with one attached hydrogen (secondary N) is 2. The number of hydrogen-bond donors (Lipinski definition) is 2. The highest BCUT2D eigenvalue weighted by atomic mass is 16.5. The molecule has 1 unspecified atom stereocenters. The molecule has 0 spiro atoms. The van der Waals surface area contributed by atoms with Gasteiger partial charge in [0.05, 0.1) is 24.6 Å². The fraction of sp³-hybridized carbons (Fsp3) is 0.280. The number of benzene rings is 2. The molecule has 0 fully saturated rings. The van der Waals surface area contributed by atoms with Crippen LogP contribution in [-0.4, -0.2) is 36.4 Å². The standard InChI is InChI=1S/C25H27N3O4/c1-2-31-22-11-6-5-10-20(22)27-25(30)24(29)26-16-21(23-12-7-15-32-23)28-14-13-18-8-3-4-9-19(18)17-28/h3-12,15,21H,2,13-14,16-17H2,1H3,(H,26,29)(H,27,30). The Labute approximate surface area is 187 Å². The Kier molecular flexibility index (Phi) is 6.87. The fourth-order valence-electron chi connectivity index (χ4n) is 3.97. The normalized spacial score (nSPS) is 14.3. The van der Waals surface area contributed by atoms with Crippen molar-refractivity contribution in [1.29, 1.82) is 0 Å². The number of nitrogens with zero attached hydrogens (tertiary/aromatic N) is 1. The van der Waals surface area contributed by atoms with Gasteiger partial charge in [-0.1, -0.05) is 36.4 Å². The number of furan rings is 1. The molecule has 0 bridgehead atoms. The van der Waals surface area contributed by atoms with E-state index in [2.05, 4.69) is 33.7 Å². The van der Waals surface area contributed by atoms with Gasteiger partial charge in [0.15, 0.2) is 0 Å². The number of carbonyl (C=O) groups is 2. The van der Waals surface area contributed by atoms with E-state index in [-0.39, 0.29) is 12.6 Å². The van der Waals surface area contributed by atoms with Gasteiger partial charge in [0.2, 0.25) is 0 Å². The van der Waals surface area contributed by atoms with E-state index in [4.69, 9.17) is 9.15 Å². The second-order valence-corrected chi connectivity index (χ2v) is 7.61. The molecule has 1 aliphatic heterocycles. The molecule has 32 heavy (non-hydrogen) atoms. The van der Waals surface area contributed by atoms with Crippen molar-refractivity contribution in [2.45, 2.75) is 25.9 Å². The van der Waals surface area contributed by atoms with Crippen molar-refractivity contribution in [3.63, 3.8) is 0 Å². The van der Waals surface area contributed by atoms with Gasteiger partial charge < -0.3 is 19.8 Å². The Morgan fingerprint density at radius 3 is 2.59 bits per heavy atom. The van der Waals surface area contributed by atoms with Crippen LogP contribution in [0.2, 0.25) is 0 Å². The SMILES string of the molecule is CCOc1ccccc1NC(=O)C(=O)NCC(c1ccco1)N1CCc2ccccc2C1. The molecule has 2 N–H and O–H groups in total. The molecular weight excluding hydrogens is 406 g/mol. The minimum atomic E-state index is -0.737. The third kappa shape index (κ3) is 5.00. The quantitative estimate of drug-likeness (QED) is 0.557. The molecule has 0 aliphatic carbocycles. The lowest BCUT2D eigenvalue weighted by molar-refractivity contribution is -0.136. The minimum Gasteiger partial charge on any atom is -0.492 e. The van der Waals surface area contributed by atoms with Crippen molar-refractivity contribution in [3.8, 4) is 5.75 Å². The van der Waals surface area contributed by atoms with Gasteiger partial charge in [-0.15, -0.1) is 0 Å². The van der Waals surface area contributed by atoms with Gasteiger partial charge in [-0.25, -0.2) is 0 Å². The average Bonchev–Trinajstić information content (AvgIpc) is 3.35. The number of rotatable bonds is 7. The van der Waals surface area contributed by atoms with E-state index in [1.807, 2.05) is 31.2 Å². The number of fused-ring (bicyclic) bond motifs is 1. The summed E-state index contributed by atoms with van der Waals surface area (Å²) in [6, 6.07) is 19.0. The van der Waals surface area contributed by atoms with Gasteiger partial charge in [0.1, 0.15) is 11.5 Å². The maximum Gasteiger partial charge on any atom is 0.313 e. The van der Waals surface area contributed by atoms with Crippen molar-refractivity contribution < 1.29 is 18.7 Å². The van der Waals surface area contributed by atoms with Crippen molar-refractivity contribution in [2.24, 2.45) is 0 Å². The van der Waals surface area contributed by atoms with Crippen LogP contribution < -0.4 is 15.4 Å². The maximum atomic E-state index is 12.6. The smallest absolute Gasteiger partial charge is 0.313 e. The summed E-state index contributed by atoms with van der Waals surface area (Å²) in [5.41, 5.74) is 3.08. The third-order valence-corrected chi connectivity index (χ3v) is 5.57. The van der Waals surface area contributed by atoms with E-state index < -0.39 is 11.8 Å². The van der Waals surface area contributed by atoms with Crippen LogP contribution in [0.3, 0.4) is 0 Å². The van der Waals surface area contributed by atoms with Crippen molar-refractivity contribution in [2.75, 3.05) is 25.0 Å². The molecule has 166 valence electrons. The first kappa shape index (κ1) is 21.6. The van der Waals surface area contributed by atoms with E-state index in [1.54, 1.807) is 24.5 Å². The van der Waals surface area contributed by atoms with Gasteiger partial charge in [-0.05, 0) is 48.7 Å². The van der Waals surface area contributed by atoms with Gasteiger partial charge >= 0.3 is 11.8 Å². The summed E-state index contributed by atoms with van der Waals surface area (Å²) < 4.78 is 11.2. The molecule has 4 rings (SSSR count). The zero-order valence-electron chi connectivity index (χ0n) is 18.0. The van der Waals surface area contributed by atoms with Gasteiger partial charge in [0.25, 0.3) is 0 Å².